The number of nitrogens with one attached hydrogen (secondary N) is 2. The normalized spacial score (nSPS) is 22.5. The maximum absolute atomic E-state index is 9.06. The number of piperidine rings is 1. The van der Waals surface area contributed by atoms with E-state index in [9.17, 15) is 0 Å². The Morgan fingerprint density at radius 1 is 1.42 bits per heavy atom. The lowest BCUT2D eigenvalue weighted by Crippen LogP contribution is -2.43. The van der Waals surface area contributed by atoms with Crippen molar-refractivity contribution >= 4 is 0 Å². The third kappa shape index (κ3) is 3.49. The zero-order valence-electron chi connectivity index (χ0n) is 7.29. The van der Waals surface area contributed by atoms with Crippen molar-refractivity contribution in [1.29, 1.82) is 0 Å². The second-order valence-electron chi connectivity index (χ2n) is 3.27. The molecule has 0 aromatic rings. The topological polar surface area (TPSA) is 64.5 Å². The first-order valence-electron chi connectivity index (χ1n) is 4.56. The minimum absolute atomic E-state index is 0.155. The zero-order chi connectivity index (χ0) is 8.81. The third-order valence-corrected chi connectivity index (χ3v) is 2.19. The Balaban J connectivity index is 2.05. The summed E-state index contributed by atoms with van der Waals surface area (Å²) in [6, 6.07) is 0.507. The van der Waals surface area contributed by atoms with Crippen molar-refractivity contribution in [2.24, 2.45) is 0 Å². The van der Waals surface area contributed by atoms with Crippen LogP contribution in [0.15, 0.2) is 0 Å². The Labute approximate surface area is 73.0 Å². The monoisotopic (exact) mass is 174 g/mol. The van der Waals surface area contributed by atoms with Crippen LogP contribution >= 0.6 is 0 Å². The highest BCUT2D eigenvalue weighted by Crippen LogP contribution is 2.01. The molecule has 1 fully saturated rings. The van der Waals surface area contributed by atoms with Crippen LogP contribution in [0.25, 0.3) is 0 Å². The second-order valence-corrected chi connectivity index (χ2v) is 3.27. The molecule has 0 aromatic heterocycles. The van der Waals surface area contributed by atoms with Gasteiger partial charge in [-0.15, -0.1) is 0 Å². The van der Waals surface area contributed by atoms with Crippen molar-refractivity contribution in [3.63, 3.8) is 0 Å². The molecule has 0 bridgehead atoms. The molecule has 0 amide bonds. The average Bonchev–Trinajstić information content (AvgIpc) is 2.16. The van der Waals surface area contributed by atoms with Crippen LogP contribution in [0.2, 0.25) is 0 Å². The fraction of sp³-hybridized carbons (Fsp3) is 1.00. The Morgan fingerprint density at radius 3 is 2.67 bits per heavy atom. The van der Waals surface area contributed by atoms with Gasteiger partial charge >= 0.3 is 0 Å². The summed E-state index contributed by atoms with van der Waals surface area (Å²) >= 11 is 0. The molecule has 1 saturated heterocycles. The minimum atomic E-state index is -0.611. The van der Waals surface area contributed by atoms with Crippen LogP contribution in [0.3, 0.4) is 0 Å². The minimum Gasteiger partial charge on any atom is -0.394 e. The summed E-state index contributed by atoms with van der Waals surface area (Å²) < 4.78 is 0. The van der Waals surface area contributed by atoms with Crippen molar-refractivity contribution in [2.75, 3.05) is 26.2 Å². The van der Waals surface area contributed by atoms with Crippen molar-refractivity contribution < 1.29 is 10.2 Å². The fourth-order valence-electron chi connectivity index (χ4n) is 1.39. The second kappa shape index (κ2) is 5.48. The molecule has 4 nitrogen and oxygen atoms in total. The summed E-state index contributed by atoms with van der Waals surface area (Å²) in [5.41, 5.74) is 0. The molecular weight excluding hydrogens is 156 g/mol. The molecular formula is C8H18N2O2. The fourth-order valence-corrected chi connectivity index (χ4v) is 1.39. The van der Waals surface area contributed by atoms with E-state index in [1.165, 1.54) is 0 Å². The third-order valence-electron chi connectivity index (χ3n) is 2.19. The smallest absolute Gasteiger partial charge is 0.0895 e. The highest BCUT2D eigenvalue weighted by atomic mass is 16.3. The summed E-state index contributed by atoms with van der Waals surface area (Å²) in [6.45, 7) is 2.44. The van der Waals surface area contributed by atoms with Gasteiger partial charge in [0.25, 0.3) is 0 Å². The van der Waals surface area contributed by atoms with Crippen LogP contribution < -0.4 is 10.6 Å². The van der Waals surface area contributed by atoms with Gasteiger partial charge in [0.2, 0.25) is 0 Å². The van der Waals surface area contributed by atoms with Crippen molar-refractivity contribution in [3.8, 4) is 0 Å². The van der Waals surface area contributed by atoms with Gasteiger partial charge in [-0.3, -0.25) is 0 Å². The van der Waals surface area contributed by atoms with Gasteiger partial charge in [-0.25, -0.2) is 0 Å². The van der Waals surface area contributed by atoms with E-state index in [-0.39, 0.29) is 6.61 Å². The van der Waals surface area contributed by atoms with E-state index >= 15 is 0 Å². The Hall–Kier alpha value is -0.160. The Kier molecular flexibility index (Phi) is 4.53. The van der Waals surface area contributed by atoms with Crippen molar-refractivity contribution in [1.82, 2.24) is 10.6 Å². The van der Waals surface area contributed by atoms with Crippen LogP contribution in [0.5, 0.6) is 0 Å². The van der Waals surface area contributed by atoms with Gasteiger partial charge in [-0.05, 0) is 25.9 Å². The highest BCUT2D eigenvalue weighted by Gasteiger charge is 2.12. The average molecular weight is 174 g/mol. The van der Waals surface area contributed by atoms with Gasteiger partial charge in [-0.1, -0.05) is 0 Å². The number of rotatable bonds is 4. The van der Waals surface area contributed by atoms with E-state index < -0.39 is 6.10 Å². The summed E-state index contributed by atoms with van der Waals surface area (Å²) in [5.74, 6) is 0. The van der Waals surface area contributed by atoms with E-state index in [0.717, 1.165) is 25.9 Å². The lowest BCUT2D eigenvalue weighted by Gasteiger charge is -2.24. The molecule has 1 atom stereocenters. The molecule has 4 heteroatoms. The highest BCUT2D eigenvalue weighted by molar-refractivity contribution is 4.75. The van der Waals surface area contributed by atoms with Gasteiger partial charge in [0.05, 0.1) is 12.7 Å². The van der Waals surface area contributed by atoms with Crippen LogP contribution in [-0.2, 0) is 0 Å². The summed E-state index contributed by atoms with van der Waals surface area (Å²) in [7, 11) is 0. The lowest BCUT2D eigenvalue weighted by molar-refractivity contribution is 0.0907. The van der Waals surface area contributed by atoms with Gasteiger partial charge in [0.1, 0.15) is 0 Å². The molecule has 1 unspecified atom stereocenters. The number of hydrogen-bond donors (Lipinski definition) is 4. The largest absolute Gasteiger partial charge is 0.394 e. The van der Waals surface area contributed by atoms with Gasteiger partial charge in [0.15, 0.2) is 0 Å². The maximum Gasteiger partial charge on any atom is 0.0895 e. The van der Waals surface area contributed by atoms with Gasteiger partial charge in [0, 0.05) is 12.6 Å². The molecule has 0 radical (unpaired) electrons. The quantitative estimate of drug-likeness (QED) is 0.427. The first-order chi connectivity index (χ1) is 5.83. The molecule has 0 spiro atoms. The van der Waals surface area contributed by atoms with Crippen molar-refractivity contribution in [3.05, 3.63) is 0 Å². The van der Waals surface area contributed by atoms with Crippen LogP contribution in [0.4, 0.5) is 0 Å². The molecule has 4 N–H and O–H groups in total. The van der Waals surface area contributed by atoms with E-state index in [1.807, 2.05) is 0 Å². The summed E-state index contributed by atoms with van der Waals surface area (Å²) in [4.78, 5) is 0. The maximum atomic E-state index is 9.06. The van der Waals surface area contributed by atoms with E-state index in [0.29, 0.717) is 12.6 Å². The molecule has 12 heavy (non-hydrogen) atoms. The zero-order valence-corrected chi connectivity index (χ0v) is 7.29. The molecule has 1 aliphatic rings. The van der Waals surface area contributed by atoms with Crippen LogP contribution in [0.1, 0.15) is 12.8 Å². The number of aliphatic hydroxyl groups excluding tert-OH is 2. The summed E-state index contributed by atoms with van der Waals surface area (Å²) in [6.07, 6.45) is 1.61. The molecule has 0 saturated carbocycles. The van der Waals surface area contributed by atoms with Gasteiger partial charge in [-0.2, -0.15) is 0 Å². The molecule has 72 valence electrons. The lowest BCUT2D eigenvalue weighted by atomic mass is 10.1. The molecule has 1 rings (SSSR count). The van der Waals surface area contributed by atoms with Crippen LogP contribution in [-0.4, -0.2) is 48.6 Å². The Morgan fingerprint density at radius 2 is 2.08 bits per heavy atom. The standard InChI is InChI=1S/C8H18N2O2/c11-6-8(12)5-10-7-1-3-9-4-2-7/h7-12H,1-6H2. The molecule has 0 aliphatic carbocycles. The number of hydrogen-bond acceptors (Lipinski definition) is 4. The summed E-state index contributed by atoms with van der Waals surface area (Å²) in [5, 5.41) is 24.1. The molecule has 1 heterocycles. The Bertz CT molecular complexity index is 116. The predicted octanol–water partition coefficient (Wildman–Crippen LogP) is -1.32. The number of aliphatic hydroxyl groups is 2. The van der Waals surface area contributed by atoms with Crippen molar-refractivity contribution in [2.45, 2.75) is 25.0 Å². The van der Waals surface area contributed by atoms with E-state index in [2.05, 4.69) is 10.6 Å². The SMILES string of the molecule is OCC(O)CNC1CCNCC1. The van der Waals surface area contributed by atoms with Crippen LogP contribution in [0, 0.1) is 0 Å². The van der Waals surface area contributed by atoms with Gasteiger partial charge < -0.3 is 20.8 Å². The van der Waals surface area contributed by atoms with E-state index in [4.69, 9.17) is 10.2 Å². The first-order valence-corrected chi connectivity index (χ1v) is 4.56. The predicted molar refractivity (Wildman–Crippen MR) is 47.0 cm³/mol. The molecule has 1 aliphatic heterocycles. The first kappa shape index (κ1) is 9.92. The van der Waals surface area contributed by atoms with E-state index in [1.54, 1.807) is 0 Å². The molecule has 0 aromatic carbocycles.